The molecular formula is C18H16ClN5O2S. The maximum atomic E-state index is 10.7. The van der Waals surface area contributed by atoms with E-state index >= 15 is 0 Å². The van der Waals surface area contributed by atoms with Crippen molar-refractivity contribution in [3.8, 4) is 11.3 Å². The summed E-state index contributed by atoms with van der Waals surface area (Å²) in [5, 5.41) is 14.6. The Morgan fingerprint density at radius 2 is 1.96 bits per heavy atom. The molecule has 9 heteroatoms. The average molecular weight is 402 g/mol. The van der Waals surface area contributed by atoms with Crippen LogP contribution < -0.4 is 5.73 Å². The lowest BCUT2D eigenvalue weighted by Gasteiger charge is -2.02. The van der Waals surface area contributed by atoms with Crippen molar-refractivity contribution in [1.29, 1.82) is 0 Å². The van der Waals surface area contributed by atoms with Gasteiger partial charge in [-0.1, -0.05) is 35.9 Å². The number of rotatable bonds is 2. The highest BCUT2D eigenvalue weighted by Crippen LogP contribution is 2.31. The van der Waals surface area contributed by atoms with Gasteiger partial charge in [0.25, 0.3) is 0 Å². The van der Waals surface area contributed by atoms with Crippen LogP contribution in [0, 0.1) is 13.8 Å². The molecule has 4 rings (SSSR count). The van der Waals surface area contributed by atoms with E-state index in [1.807, 2.05) is 19.1 Å². The van der Waals surface area contributed by atoms with E-state index in [1.165, 1.54) is 33.7 Å². The van der Waals surface area contributed by atoms with E-state index in [9.17, 15) is 4.79 Å². The van der Waals surface area contributed by atoms with E-state index in [0.29, 0.717) is 0 Å². The molecule has 0 amide bonds. The van der Waals surface area contributed by atoms with Gasteiger partial charge < -0.3 is 10.8 Å². The number of aromatic carboxylic acids is 1. The first kappa shape index (κ1) is 18.8. The maximum Gasteiger partial charge on any atom is 0.341 e. The standard InChI is InChI=1S/C11H12N2S.C7H4ClN3O2/c1-7-5-3-4-6-9(7)10-11(12)14-8(2)13-10;8-5-1-2-11-6(10-5)4(3-9-11)7(12)13/h3-6H,12H2,1-2H3;1-3H,(H,12,13). The molecule has 0 atom stereocenters. The van der Waals surface area contributed by atoms with Crippen molar-refractivity contribution < 1.29 is 9.90 Å². The number of nitrogens with zero attached hydrogens (tertiary/aromatic N) is 4. The number of benzene rings is 1. The number of nitrogen functional groups attached to an aromatic ring is 1. The van der Waals surface area contributed by atoms with E-state index in [1.54, 1.807) is 6.20 Å². The number of carboxylic acid groups (broad SMARTS) is 1. The van der Waals surface area contributed by atoms with Gasteiger partial charge in [0.1, 0.15) is 21.4 Å². The van der Waals surface area contributed by atoms with Crippen LogP contribution in [0.3, 0.4) is 0 Å². The number of anilines is 1. The molecule has 0 saturated heterocycles. The van der Waals surface area contributed by atoms with Gasteiger partial charge in [-0.3, -0.25) is 0 Å². The highest BCUT2D eigenvalue weighted by molar-refractivity contribution is 7.16. The Labute approximate surface area is 164 Å². The summed E-state index contributed by atoms with van der Waals surface area (Å²) in [7, 11) is 0. The van der Waals surface area contributed by atoms with E-state index in [2.05, 4.69) is 34.1 Å². The largest absolute Gasteiger partial charge is 0.477 e. The summed E-state index contributed by atoms with van der Waals surface area (Å²) in [6.07, 6.45) is 2.79. The van der Waals surface area contributed by atoms with Crippen molar-refractivity contribution in [1.82, 2.24) is 19.6 Å². The van der Waals surface area contributed by atoms with Gasteiger partial charge in [0.15, 0.2) is 5.65 Å². The number of carbonyl (C=O) groups is 1. The molecule has 0 unspecified atom stereocenters. The molecule has 0 radical (unpaired) electrons. The van der Waals surface area contributed by atoms with E-state index in [-0.39, 0.29) is 16.4 Å². The van der Waals surface area contributed by atoms with Gasteiger partial charge in [-0.25, -0.2) is 19.3 Å². The fourth-order valence-electron chi connectivity index (χ4n) is 2.47. The molecule has 0 spiro atoms. The Bertz CT molecular complexity index is 1120. The number of nitrogens with two attached hydrogens (primary N) is 1. The van der Waals surface area contributed by atoms with Gasteiger partial charge in [-0.2, -0.15) is 5.10 Å². The molecule has 0 aliphatic rings. The maximum absolute atomic E-state index is 10.7. The summed E-state index contributed by atoms with van der Waals surface area (Å²) >= 11 is 7.15. The summed E-state index contributed by atoms with van der Waals surface area (Å²) in [5.41, 5.74) is 9.46. The molecule has 1 aromatic carbocycles. The highest BCUT2D eigenvalue weighted by atomic mass is 35.5. The number of thiazole rings is 1. The van der Waals surface area contributed by atoms with Crippen molar-refractivity contribution in [2.45, 2.75) is 13.8 Å². The van der Waals surface area contributed by atoms with Crippen LogP contribution in [0.25, 0.3) is 16.9 Å². The van der Waals surface area contributed by atoms with Crippen molar-refractivity contribution in [2.75, 3.05) is 5.73 Å². The molecule has 0 fully saturated rings. The minimum Gasteiger partial charge on any atom is -0.477 e. The van der Waals surface area contributed by atoms with Crippen LogP contribution in [0.4, 0.5) is 5.00 Å². The monoisotopic (exact) mass is 401 g/mol. The fourth-order valence-corrected chi connectivity index (χ4v) is 3.32. The molecular weight excluding hydrogens is 386 g/mol. The lowest BCUT2D eigenvalue weighted by atomic mass is 10.1. The van der Waals surface area contributed by atoms with Crippen LogP contribution in [-0.4, -0.2) is 30.7 Å². The molecule has 0 saturated carbocycles. The van der Waals surface area contributed by atoms with Crippen LogP contribution in [0.1, 0.15) is 20.9 Å². The molecule has 27 heavy (non-hydrogen) atoms. The van der Waals surface area contributed by atoms with Crippen LogP contribution in [-0.2, 0) is 0 Å². The predicted molar refractivity (Wildman–Crippen MR) is 106 cm³/mol. The molecule has 3 heterocycles. The number of fused-ring (bicyclic) bond motifs is 1. The number of hydrogen-bond acceptors (Lipinski definition) is 6. The zero-order valence-corrected chi connectivity index (χ0v) is 16.1. The van der Waals surface area contributed by atoms with Crippen molar-refractivity contribution in [3.63, 3.8) is 0 Å². The van der Waals surface area contributed by atoms with Crippen LogP contribution >= 0.6 is 22.9 Å². The lowest BCUT2D eigenvalue weighted by Crippen LogP contribution is -1.97. The van der Waals surface area contributed by atoms with Gasteiger partial charge >= 0.3 is 5.97 Å². The molecule has 0 aliphatic heterocycles. The Hall–Kier alpha value is -2.97. The quantitative estimate of drug-likeness (QED) is 0.490. The van der Waals surface area contributed by atoms with Crippen molar-refractivity contribution >= 4 is 39.6 Å². The zero-order chi connectivity index (χ0) is 19.6. The number of carboxylic acids is 1. The highest BCUT2D eigenvalue weighted by Gasteiger charge is 2.12. The second-order valence-corrected chi connectivity index (χ2v) is 7.26. The summed E-state index contributed by atoms with van der Waals surface area (Å²) < 4.78 is 1.36. The van der Waals surface area contributed by atoms with Crippen LogP contribution in [0.2, 0.25) is 5.15 Å². The summed E-state index contributed by atoms with van der Waals surface area (Å²) in [4.78, 5) is 18.9. The molecule has 138 valence electrons. The molecule has 0 bridgehead atoms. The van der Waals surface area contributed by atoms with Gasteiger partial charge in [-0.05, 0) is 25.5 Å². The molecule has 3 aromatic heterocycles. The SMILES string of the molecule is Cc1nc(-c2ccccc2C)c(N)s1.O=C(O)c1cnn2ccc(Cl)nc12. The number of aromatic nitrogens is 4. The minimum atomic E-state index is -1.07. The topological polar surface area (TPSA) is 106 Å². The smallest absolute Gasteiger partial charge is 0.341 e. The second-order valence-electron chi connectivity index (χ2n) is 5.64. The minimum absolute atomic E-state index is 0.0440. The molecule has 4 aromatic rings. The molecule has 7 nitrogen and oxygen atoms in total. The Morgan fingerprint density at radius 3 is 2.59 bits per heavy atom. The number of hydrogen-bond donors (Lipinski definition) is 2. The predicted octanol–water partition coefficient (Wildman–Crippen LogP) is 4.09. The van der Waals surface area contributed by atoms with Crippen LogP contribution in [0.5, 0.6) is 0 Å². The molecule has 3 N–H and O–H groups in total. The van der Waals surface area contributed by atoms with Crippen LogP contribution in [0.15, 0.2) is 42.7 Å². The van der Waals surface area contributed by atoms with E-state index in [0.717, 1.165) is 21.3 Å². The number of aryl methyl sites for hydroxylation is 2. The van der Waals surface area contributed by atoms with Gasteiger partial charge in [0, 0.05) is 11.8 Å². The zero-order valence-electron chi connectivity index (χ0n) is 14.5. The first-order valence-electron chi connectivity index (χ1n) is 7.89. The molecule has 0 aliphatic carbocycles. The first-order valence-corrected chi connectivity index (χ1v) is 9.08. The third kappa shape index (κ3) is 4.07. The second kappa shape index (κ2) is 7.73. The Kier molecular flexibility index (Phi) is 5.38. The van der Waals surface area contributed by atoms with Gasteiger partial charge in [0.05, 0.1) is 11.2 Å². The van der Waals surface area contributed by atoms with E-state index in [4.69, 9.17) is 22.4 Å². The van der Waals surface area contributed by atoms with Crippen molar-refractivity contribution in [3.05, 3.63) is 64.0 Å². The summed E-state index contributed by atoms with van der Waals surface area (Å²) in [5.74, 6) is -1.07. The number of halogens is 1. The third-order valence-electron chi connectivity index (χ3n) is 3.73. The lowest BCUT2D eigenvalue weighted by molar-refractivity contribution is 0.0698. The first-order chi connectivity index (χ1) is 12.9. The Morgan fingerprint density at radius 1 is 1.22 bits per heavy atom. The average Bonchev–Trinajstić information content (AvgIpc) is 3.18. The van der Waals surface area contributed by atoms with Gasteiger partial charge in [0.2, 0.25) is 0 Å². The normalized spacial score (nSPS) is 10.5. The summed E-state index contributed by atoms with van der Waals surface area (Å²) in [6.45, 7) is 4.05. The van der Waals surface area contributed by atoms with Gasteiger partial charge in [-0.15, -0.1) is 11.3 Å². The Balaban J connectivity index is 0.000000156. The summed E-state index contributed by atoms with van der Waals surface area (Å²) in [6, 6.07) is 9.70. The fraction of sp³-hybridized carbons (Fsp3) is 0.111. The van der Waals surface area contributed by atoms with Crippen molar-refractivity contribution in [2.24, 2.45) is 0 Å². The van der Waals surface area contributed by atoms with E-state index < -0.39 is 5.97 Å². The third-order valence-corrected chi connectivity index (χ3v) is 4.74.